The smallest absolute Gasteiger partial charge is 0.231 e. The van der Waals surface area contributed by atoms with Crippen molar-refractivity contribution in [3.8, 4) is 0 Å². The van der Waals surface area contributed by atoms with Gasteiger partial charge in [-0.2, -0.15) is 4.98 Å². The van der Waals surface area contributed by atoms with Gasteiger partial charge in [0.25, 0.3) is 0 Å². The number of nitrogens with two attached hydrogens (primary N) is 1. The van der Waals surface area contributed by atoms with Crippen LogP contribution in [0.2, 0.25) is 0 Å². The van der Waals surface area contributed by atoms with Crippen LogP contribution in [0.1, 0.15) is 57.3 Å². The summed E-state index contributed by atoms with van der Waals surface area (Å²) in [4.78, 5) is 4.41. The molecule has 1 rings (SSSR count). The molecule has 17 heavy (non-hydrogen) atoms. The topological polar surface area (TPSA) is 74.2 Å². The lowest BCUT2D eigenvalue weighted by molar-refractivity contribution is 0.0854. The van der Waals surface area contributed by atoms with Crippen molar-refractivity contribution >= 4 is 0 Å². The van der Waals surface area contributed by atoms with Gasteiger partial charge in [-0.15, -0.1) is 0 Å². The van der Waals surface area contributed by atoms with Crippen LogP contribution in [0.25, 0.3) is 0 Å². The summed E-state index contributed by atoms with van der Waals surface area (Å²) in [5, 5.41) is 3.99. The lowest BCUT2D eigenvalue weighted by atomic mass is 9.96. The zero-order valence-corrected chi connectivity index (χ0v) is 11.1. The Balaban J connectivity index is 2.82. The van der Waals surface area contributed by atoms with Crippen LogP contribution in [0.3, 0.4) is 0 Å². The van der Waals surface area contributed by atoms with Gasteiger partial charge >= 0.3 is 0 Å². The van der Waals surface area contributed by atoms with E-state index in [-0.39, 0.29) is 12.0 Å². The van der Waals surface area contributed by atoms with Gasteiger partial charge in [0.05, 0.1) is 5.92 Å². The first-order chi connectivity index (χ1) is 8.13. The summed E-state index contributed by atoms with van der Waals surface area (Å²) < 4.78 is 10.6. The number of rotatable bonds is 7. The molecule has 0 amide bonds. The summed E-state index contributed by atoms with van der Waals surface area (Å²) in [6.07, 6.45) is 1.83. The highest BCUT2D eigenvalue weighted by atomic mass is 16.5. The molecule has 2 atom stereocenters. The highest BCUT2D eigenvalue weighted by Gasteiger charge is 2.23. The molecule has 0 saturated heterocycles. The second-order valence-corrected chi connectivity index (χ2v) is 4.59. The molecule has 0 aliphatic heterocycles. The van der Waals surface area contributed by atoms with E-state index < -0.39 is 0 Å². The fourth-order valence-electron chi connectivity index (χ4n) is 1.80. The molecule has 1 aromatic heterocycles. The lowest BCUT2D eigenvalue weighted by Crippen LogP contribution is -2.18. The maximum Gasteiger partial charge on any atom is 0.231 e. The van der Waals surface area contributed by atoms with Crippen molar-refractivity contribution in [2.75, 3.05) is 13.7 Å². The molecule has 0 fully saturated rings. The Bertz CT molecular complexity index is 325. The maximum absolute atomic E-state index is 5.72. The fraction of sp³-hybridized carbons (Fsp3) is 0.833. The fourth-order valence-corrected chi connectivity index (χ4v) is 1.80. The maximum atomic E-state index is 5.72. The van der Waals surface area contributed by atoms with E-state index in [1.807, 2.05) is 0 Å². The van der Waals surface area contributed by atoms with Gasteiger partial charge < -0.3 is 15.0 Å². The summed E-state index contributed by atoms with van der Waals surface area (Å²) in [6, 6.07) is 0. The van der Waals surface area contributed by atoms with Crippen LogP contribution >= 0.6 is 0 Å². The van der Waals surface area contributed by atoms with Crippen molar-refractivity contribution < 1.29 is 9.26 Å². The van der Waals surface area contributed by atoms with E-state index in [2.05, 4.69) is 30.9 Å². The van der Waals surface area contributed by atoms with Gasteiger partial charge in [-0.25, -0.2) is 0 Å². The number of aromatic nitrogens is 2. The Morgan fingerprint density at radius 1 is 1.41 bits per heavy atom. The van der Waals surface area contributed by atoms with Gasteiger partial charge in [-0.05, 0) is 12.3 Å². The Kier molecular flexibility index (Phi) is 5.58. The van der Waals surface area contributed by atoms with E-state index in [4.69, 9.17) is 15.0 Å². The van der Waals surface area contributed by atoms with Crippen molar-refractivity contribution in [1.82, 2.24) is 10.1 Å². The Hall–Kier alpha value is -0.940. The van der Waals surface area contributed by atoms with Crippen molar-refractivity contribution in [1.29, 1.82) is 0 Å². The largest absolute Gasteiger partial charge is 0.373 e. The van der Waals surface area contributed by atoms with Gasteiger partial charge in [0.15, 0.2) is 0 Å². The van der Waals surface area contributed by atoms with Crippen LogP contribution in [-0.2, 0) is 4.74 Å². The Morgan fingerprint density at radius 3 is 2.59 bits per heavy atom. The van der Waals surface area contributed by atoms with Gasteiger partial charge in [-0.3, -0.25) is 0 Å². The first-order valence-electron chi connectivity index (χ1n) is 6.20. The van der Waals surface area contributed by atoms with E-state index >= 15 is 0 Å². The SMILES string of the molecule is CCCC(OC)c1noc(C(CN)C(C)C)n1. The molecule has 0 radical (unpaired) electrons. The predicted octanol–water partition coefficient (Wildman–Crippen LogP) is 2.26. The Morgan fingerprint density at radius 2 is 2.12 bits per heavy atom. The molecule has 1 heterocycles. The highest BCUT2D eigenvalue weighted by Crippen LogP contribution is 2.25. The first kappa shape index (κ1) is 14.1. The number of hydrogen-bond acceptors (Lipinski definition) is 5. The normalized spacial score (nSPS) is 15.2. The molecular formula is C12H23N3O2. The van der Waals surface area contributed by atoms with E-state index in [0.717, 1.165) is 12.8 Å². The first-order valence-corrected chi connectivity index (χ1v) is 6.20. The zero-order chi connectivity index (χ0) is 12.8. The second kappa shape index (κ2) is 6.71. The molecular weight excluding hydrogens is 218 g/mol. The zero-order valence-electron chi connectivity index (χ0n) is 11.1. The Labute approximate surface area is 103 Å². The van der Waals surface area contributed by atoms with E-state index in [1.165, 1.54) is 0 Å². The van der Waals surface area contributed by atoms with Crippen LogP contribution in [0.5, 0.6) is 0 Å². The molecule has 98 valence electrons. The summed E-state index contributed by atoms with van der Waals surface area (Å²) in [5.74, 6) is 1.76. The van der Waals surface area contributed by atoms with Crippen molar-refractivity contribution in [3.05, 3.63) is 11.7 Å². The van der Waals surface area contributed by atoms with Crippen LogP contribution in [0.15, 0.2) is 4.52 Å². The monoisotopic (exact) mass is 241 g/mol. The van der Waals surface area contributed by atoms with Crippen LogP contribution < -0.4 is 5.73 Å². The van der Waals surface area contributed by atoms with E-state index in [0.29, 0.717) is 24.2 Å². The molecule has 1 aromatic rings. The van der Waals surface area contributed by atoms with Crippen molar-refractivity contribution in [2.24, 2.45) is 11.7 Å². The van der Waals surface area contributed by atoms with Crippen LogP contribution in [-0.4, -0.2) is 23.8 Å². The second-order valence-electron chi connectivity index (χ2n) is 4.59. The molecule has 0 saturated carbocycles. The van der Waals surface area contributed by atoms with E-state index in [1.54, 1.807) is 7.11 Å². The number of methoxy groups -OCH3 is 1. The summed E-state index contributed by atoms with van der Waals surface area (Å²) in [6.45, 7) is 6.82. The average Bonchev–Trinajstić information content (AvgIpc) is 2.75. The van der Waals surface area contributed by atoms with Crippen molar-refractivity contribution in [3.63, 3.8) is 0 Å². The number of ether oxygens (including phenoxy) is 1. The minimum Gasteiger partial charge on any atom is -0.373 e. The molecule has 5 nitrogen and oxygen atoms in total. The quantitative estimate of drug-likeness (QED) is 0.792. The summed E-state index contributed by atoms with van der Waals surface area (Å²) in [7, 11) is 1.67. The van der Waals surface area contributed by atoms with E-state index in [9.17, 15) is 0 Å². The van der Waals surface area contributed by atoms with Crippen LogP contribution in [0.4, 0.5) is 0 Å². The van der Waals surface area contributed by atoms with Gasteiger partial charge in [0.1, 0.15) is 6.10 Å². The minimum absolute atomic E-state index is 0.0805. The third kappa shape index (κ3) is 3.51. The molecule has 5 heteroatoms. The highest BCUT2D eigenvalue weighted by molar-refractivity contribution is 4.98. The molecule has 0 aliphatic rings. The molecule has 2 N–H and O–H groups in total. The van der Waals surface area contributed by atoms with Crippen LogP contribution in [0, 0.1) is 5.92 Å². The summed E-state index contributed by atoms with van der Waals surface area (Å²) in [5.41, 5.74) is 5.72. The third-order valence-electron chi connectivity index (χ3n) is 2.96. The molecule has 0 spiro atoms. The number of nitrogens with zero attached hydrogens (tertiary/aromatic N) is 2. The molecule has 0 bridgehead atoms. The number of hydrogen-bond donors (Lipinski definition) is 1. The molecule has 2 unspecified atom stereocenters. The lowest BCUT2D eigenvalue weighted by Gasteiger charge is -2.13. The standard InChI is InChI=1S/C12H23N3O2/c1-5-6-10(16-4)11-14-12(17-15-11)9(7-13)8(2)3/h8-10H,5-7,13H2,1-4H3. The van der Waals surface area contributed by atoms with Gasteiger partial charge in [0, 0.05) is 13.7 Å². The van der Waals surface area contributed by atoms with Crippen molar-refractivity contribution in [2.45, 2.75) is 45.6 Å². The third-order valence-corrected chi connectivity index (χ3v) is 2.96. The minimum atomic E-state index is -0.0805. The predicted molar refractivity (Wildman–Crippen MR) is 65.6 cm³/mol. The summed E-state index contributed by atoms with van der Waals surface area (Å²) >= 11 is 0. The van der Waals surface area contributed by atoms with Gasteiger partial charge in [-0.1, -0.05) is 32.3 Å². The average molecular weight is 241 g/mol. The molecule has 0 aliphatic carbocycles. The van der Waals surface area contributed by atoms with Gasteiger partial charge in [0.2, 0.25) is 11.7 Å². The molecule has 0 aromatic carbocycles.